The summed E-state index contributed by atoms with van der Waals surface area (Å²) in [6, 6.07) is 22.9. The maximum Gasteiger partial charge on any atom is 0.115 e. The van der Waals surface area contributed by atoms with E-state index in [2.05, 4.69) is 66.6 Å². The van der Waals surface area contributed by atoms with Gasteiger partial charge in [0.1, 0.15) is 5.75 Å². The zero-order chi connectivity index (χ0) is 21.6. The van der Waals surface area contributed by atoms with Gasteiger partial charge in [0.05, 0.1) is 0 Å². The van der Waals surface area contributed by atoms with Gasteiger partial charge in [-0.2, -0.15) is 0 Å². The van der Waals surface area contributed by atoms with E-state index in [1.54, 1.807) is 12.1 Å². The number of unbranched alkanes of at least 4 members (excludes halogenated alkanes) is 1. The second kappa shape index (κ2) is 9.84. The van der Waals surface area contributed by atoms with E-state index in [9.17, 15) is 5.11 Å². The van der Waals surface area contributed by atoms with Gasteiger partial charge < -0.3 is 15.4 Å². The lowest BCUT2D eigenvalue weighted by atomic mass is 9.99. The van der Waals surface area contributed by atoms with Crippen molar-refractivity contribution in [2.75, 3.05) is 13.1 Å². The summed E-state index contributed by atoms with van der Waals surface area (Å²) in [5.74, 6) is 0.336. The fraction of sp³-hybridized carbons (Fsp3) is 0.286. The molecule has 31 heavy (non-hydrogen) atoms. The third-order valence-electron chi connectivity index (χ3n) is 5.88. The average molecular weight is 413 g/mol. The first-order valence-electron chi connectivity index (χ1n) is 11.3. The highest BCUT2D eigenvalue weighted by molar-refractivity contribution is 5.91. The molecule has 4 aromatic rings. The number of fused-ring (bicyclic) bond motifs is 1. The van der Waals surface area contributed by atoms with Gasteiger partial charge >= 0.3 is 0 Å². The molecule has 160 valence electrons. The van der Waals surface area contributed by atoms with E-state index in [-0.39, 0.29) is 0 Å². The van der Waals surface area contributed by atoms with Crippen LogP contribution in [0.1, 0.15) is 35.1 Å². The fourth-order valence-corrected chi connectivity index (χ4v) is 4.41. The number of aryl methyl sites for hydroxylation is 3. The van der Waals surface area contributed by atoms with Crippen LogP contribution in [0.5, 0.6) is 5.75 Å². The smallest absolute Gasteiger partial charge is 0.115 e. The van der Waals surface area contributed by atoms with Gasteiger partial charge in [-0.25, -0.2) is 0 Å². The van der Waals surface area contributed by atoms with Crippen molar-refractivity contribution in [2.24, 2.45) is 0 Å². The summed E-state index contributed by atoms with van der Waals surface area (Å²) in [4.78, 5) is 3.67. The quantitative estimate of drug-likeness (QED) is 0.282. The lowest BCUT2D eigenvalue weighted by Gasteiger charge is -2.09. The minimum absolute atomic E-state index is 0.336. The van der Waals surface area contributed by atoms with Crippen molar-refractivity contribution in [1.82, 2.24) is 10.3 Å². The zero-order valence-electron chi connectivity index (χ0n) is 18.5. The minimum Gasteiger partial charge on any atom is -0.508 e. The van der Waals surface area contributed by atoms with E-state index in [0.29, 0.717) is 5.75 Å². The molecule has 0 spiro atoms. The molecule has 3 nitrogen and oxygen atoms in total. The number of aromatic amines is 1. The second-order valence-corrected chi connectivity index (χ2v) is 8.52. The molecule has 0 radical (unpaired) electrons. The number of benzene rings is 3. The molecule has 0 fully saturated rings. The number of rotatable bonds is 9. The number of phenols is 1. The monoisotopic (exact) mass is 412 g/mol. The van der Waals surface area contributed by atoms with Gasteiger partial charge in [0.2, 0.25) is 0 Å². The topological polar surface area (TPSA) is 48.0 Å². The molecule has 1 heterocycles. The Morgan fingerprint density at radius 2 is 1.55 bits per heavy atom. The predicted octanol–water partition coefficient (Wildman–Crippen LogP) is 6.31. The molecule has 0 saturated carbocycles. The van der Waals surface area contributed by atoms with Gasteiger partial charge in [-0.1, -0.05) is 47.5 Å². The van der Waals surface area contributed by atoms with Gasteiger partial charge in [0, 0.05) is 16.6 Å². The van der Waals surface area contributed by atoms with E-state index in [4.69, 9.17) is 0 Å². The van der Waals surface area contributed by atoms with E-state index in [1.807, 2.05) is 12.1 Å². The van der Waals surface area contributed by atoms with Crippen LogP contribution in [0, 0.1) is 13.8 Å². The van der Waals surface area contributed by atoms with Crippen LogP contribution in [-0.4, -0.2) is 23.2 Å². The van der Waals surface area contributed by atoms with E-state index in [0.717, 1.165) is 38.8 Å². The molecule has 0 atom stereocenters. The highest BCUT2D eigenvalue weighted by Gasteiger charge is 2.13. The maximum absolute atomic E-state index is 9.38. The van der Waals surface area contributed by atoms with Gasteiger partial charge in [-0.15, -0.1) is 0 Å². The lowest BCUT2D eigenvalue weighted by molar-refractivity contribution is 0.475. The number of hydrogen-bond donors (Lipinski definition) is 3. The summed E-state index contributed by atoms with van der Waals surface area (Å²) in [6.07, 6.45) is 4.36. The molecule has 0 bridgehead atoms. The predicted molar refractivity (Wildman–Crippen MR) is 131 cm³/mol. The molecular formula is C28H32N2O. The Balaban J connectivity index is 1.36. The molecule has 0 aliphatic rings. The normalized spacial score (nSPS) is 11.3. The number of phenolic OH excluding ortho intramolecular Hbond substituents is 1. The molecule has 1 aromatic heterocycles. The van der Waals surface area contributed by atoms with E-state index < -0.39 is 0 Å². The first kappa shape index (κ1) is 21.2. The summed E-state index contributed by atoms with van der Waals surface area (Å²) in [6.45, 7) is 6.33. The van der Waals surface area contributed by atoms with Gasteiger partial charge in [0.25, 0.3) is 0 Å². The van der Waals surface area contributed by atoms with Crippen LogP contribution in [0.4, 0.5) is 0 Å². The third kappa shape index (κ3) is 5.36. The Morgan fingerprint density at radius 1 is 0.806 bits per heavy atom. The first-order valence-corrected chi connectivity index (χ1v) is 11.3. The number of aromatic hydroxyl groups is 1. The Labute approximate surface area is 185 Å². The number of aromatic nitrogens is 1. The third-order valence-corrected chi connectivity index (χ3v) is 5.88. The van der Waals surface area contributed by atoms with Crippen LogP contribution in [0.3, 0.4) is 0 Å². The van der Waals surface area contributed by atoms with Gasteiger partial charge in [-0.05, 0) is 99.6 Å². The van der Waals surface area contributed by atoms with E-state index in [1.165, 1.54) is 44.4 Å². The molecule has 3 N–H and O–H groups in total. The van der Waals surface area contributed by atoms with Crippen molar-refractivity contribution in [2.45, 2.75) is 39.5 Å². The van der Waals surface area contributed by atoms with Gasteiger partial charge in [-0.3, -0.25) is 0 Å². The number of para-hydroxylation sites is 1. The summed E-state index contributed by atoms with van der Waals surface area (Å²) in [5, 5.41) is 14.3. The minimum atomic E-state index is 0.336. The number of nitrogens with one attached hydrogen (secondary N) is 2. The molecule has 3 aromatic carbocycles. The first-order chi connectivity index (χ1) is 15.1. The van der Waals surface area contributed by atoms with Crippen molar-refractivity contribution in [3.05, 3.63) is 89.0 Å². The van der Waals surface area contributed by atoms with Gasteiger partial charge in [0.15, 0.2) is 0 Å². The summed E-state index contributed by atoms with van der Waals surface area (Å²) < 4.78 is 0. The van der Waals surface area contributed by atoms with Crippen molar-refractivity contribution >= 4 is 10.9 Å². The van der Waals surface area contributed by atoms with Crippen LogP contribution < -0.4 is 5.32 Å². The largest absolute Gasteiger partial charge is 0.508 e. The highest BCUT2D eigenvalue weighted by atomic mass is 16.3. The molecule has 0 aliphatic carbocycles. The Morgan fingerprint density at radius 3 is 2.32 bits per heavy atom. The summed E-state index contributed by atoms with van der Waals surface area (Å²) in [5.41, 5.74) is 9.02. The van der Waals surface area contributed by atoms with Crippen molar-refractivity contribution in [3.63, 3.8) is 0 Å². The van der Waals surface area contributed by atoms with E-state index >= 15 is 0 Å². The maximum atomic E-state index is 9.38. The molecular weight excluding hydrogens is 380 g/mol. The van der Waals surface area contributed by atoms with Crippen LogP contribution in [0.15, 0.2) is 66.7 Å². The number of hydrogen-bond acceptors (Lipinski definition) is 2. The Kier molecular flexibility index (Phi) is 6.73. The van der Waals surface area contributed by atoms with Crippen molar-refractivity contribution in [1.29, 1.82) is 0 Å². The lowest BCUT2D eigenvalue weighted by Crippen LogP contribution is -2.18. The summed E-state index contributed by atoms with van der Waals surface area (Å²) in [7, 11) is 0. The molecule has 0 aliphatic heterocycles. The zero-order valence-corrected chi connectivity index (χ0v) is 18.5. The fourth-order valence-electron chi connectivity index (χ4n) is 4.41. The number of H-pyrrole nitrogens is 1. The van der Waals surface area contributed by atoms with Crippen LogP contribution in [-0.2, 0) is 12.8 Å². The highest BCUT2D eigenvalue weighted by Crippen LogP contribution is 2.31. The van der Waals surface area contributed by atoms with Crippen LogP contribution >= 0.6 is 0 Å². The van der Waals surface area contributed by atoms with Crippen LogP contribution in [0.25, 0.3) is 22.2 Å². The molecule has 0 saturated heterocycles. The standard InChI is InChI=1S/C28H32N2O/c1-20-17-21(2)19-23(18-20)28-26(25-8-3-4-9-27(25)30-28)14-16-29-15-6-5-7-22-10-12-24(31)13-11-22/h3-4,8-13,17-19,29-31H,5-7,14-16H2,1-2H3. The SMILES string of the molecule is Cc1cc(C)cc(-c2[nH]c3ccccc3c2CCNCCCCc2ccc(O)cc2)c1. The average Bonchev–Trinajstić information content (AvgIpc) is 3.12. The molecule has 3 heteroatoms. The van der Waals surface area contributed by atoms with Crippen molar-refractivity contribution < 1.29 is 5.11 Å². The Bertz CT molecular complexity index is 1120. The molecule has 4 rings (SSSR count). The van der Waals surface area contributed by atoms with Crippen molar-refractivity contribution in [3.8, 4) is 17.0 Å². The van der Waals surface area contributed by atoms with Crippen LogP contribution in [0.2, 0.25) is 0 Å². The second-order valence-electron chi connectivity index (χ2n) is 8.52. The molecule has 0 unspecified atom stereocenters. The summed E-state index contributed by atoms with van der Waals surface area (Å²) >= 11 is 0. The Hall–Kier alpha value is -3.04. The molecule has 0 amide bonds.